The summed E-state index contributed by atoms with van der Waals surface area (Å²) in [5, 5.41) is 3.31. The highest BCUT2D eigenvalue weighted by Gasteiger charge is 2.17. The summed E-state index contributed by atoms with van der Waals surface area (Å²) < 4.78 is 29.8. The van der Waals surface area contributed by atoms with Crippen LogP contribution in [-0.4, -0.2) is 26.2 Å². The van der Waals surface area contributed by atoms with Gasteiger partial charge >= 0.3 is 0 Å². The molecule has 2 aromatic carbocycles. The zero-order chi connectivity index (χ0) is 24.6. The molecule has 0 aliphatic rings. The zero-order valence-electron chi connectivity index (χ0n) is 18.9. The number of thiol groups is 1. The van der Waals surface area contributed by atoms with Gasteiger partial charge in [0.05, 0.1) is 16.2 Å². The molecule has 0 saturated carbocycles. The minimum atomic E-state index is -0.964. The van der Waals surface area contributed by atoms with E-state index < -0.39 is 11.6 Å². The molecule has 0 atom stereocenters. The van der Waals surface area contributed by atoms with E-state index in [4.69, 9.17) is 11.6 Å². The minimum absolute atomic E-state index is 0.148. The van der Waals surface area contributed by atoms with Crippen LogP contribution in [0.15, 0.2) is 42.7 Å². The van der Waals surface area contributed by atoms with Gasteiger partial charge in [0.15, 0.2) is 11.6 Å². The molecule has 0 fully saturated rings. The van der Waals surface area contributed by atoms with Gasteiger partial charge in [-0.15, -0.1) is 12.6 Å². The molecule has 0 aliphatic carbocycles. The van der Waals surface area contributed by atoms with Crippen molar-refractivity contribution in [2.75, 3.05) is 11.9 Å². The number of hydrogen-bond acceptors (Lipinski definition) is 4. The zero-order valence-corrected chi connectivity index (χ0v) is 20.5. The van der Waals surface area contributed by atoms with E-state index in [2.05, 4.69) is 27.9 Å². The Bertz CT molecular complexity index is 1400. The van der Waals surface area contributed by atoms with Crippen molar-refractivity contribution in [3.8, 4) is 11.3 Å². The van der Waals surface area contributed by atoms with Crippen LogP contribution in [0.5, 0.6) is 0 Å². The van der Waals surface area contributed by atoms with Crippen LogP contribution >= 0.6 is 24.2 Å². The molecule has 0 bridgehead atoms. The molecule has 2 heterocycles. The molecule has 0 amide bonds. The molecule has 0 aliphatic heterocycles. The molecular weight excluding hydrogens is 478 g/mol. The number of fused-ring (bicyclic) bond motifs is 1. The third-order valence-corrected chi connectivity index (χ3v) is 6.27. The normalized spacial score (nSPS) is 11.4. The van der Waals surface area contributed by atoms with Crippen LogP contribution in [0.4, 0.5) is 14.6 Å². The maximum atomic E-state index is 14.2. The first-order chi connectivity index (χ1) is 16.2. The van der Waals surface area contributed by atoms with Gasteiger partial charge in [-0.05, 0) is 42.7 Å². The Morgan fingerprint density at radius 2 is 1.94 bits per heavy atom. The van der Waals surface area contributed by atoms with Gasteiger partial charge in [-0.25, -0.2) is 18.7 Å². The Morgan fingerprint density at radius 3 is 2.65 bits per heavy atom. The van der Waals surface area contributed by atoms with Crippen LogP contribution < -0.4 is 5.32 Å². The van der Waals surface area contributed by atoms with Gasteiger partial charge < -0.3 is 9.88 Å². The number of nitrogens with zero attached hydrogens (tertiary/aromatic N) is 3. The van der Waals surface area contributed by atoms with Crippen molar-refractivity contribution in [1.29, 1.82) is 0 Å². The number of aromatic nitrogens is 3. The van der Waals surface area contributed by atoms with Crippen LogP contribution in [0.1, 0.15) is 41.4 Å². The standard InChI is InChI=1S/C25H23ClF2N4OS/c1-13(2)17-9-15(4-5-16(17)25(33)34)21-11-22(31-12-30-21)29-6-7-32-14(3)8-18-23(28)20(27)10-19(26)24(18)32/h4-5,8-13H,6-7H2,1-3H3,(H,33,34)(H,29,30,31). The second-order valence-corrected chi connectivity index (χ2v) is 9.14. The van der Waals surface area contributed by atoms with E-state index in [9.17, 15) is 13.6 Å². The van der Waals surface area contributed by atoms with E-state index in [1.165, 1.54) is 6.33 Å². The van der Waals surface area contributed by atoms with Crippen molar-refractivity contribution in [3.63, 3.8) is 0 Å². The van der Waals surface area contributed by atoms with E-state index in [-0.39, 0.29) is 21.4 Å². The van der Waals surface area contributed by atoms with Gasteiger partial charge in [0.2, 0.25) is 5.12 Å². The van der Waals surface area contributed by atoms with Gasteiger partial charge in [0.1, 0.15) is 12.1 Å². The lowest BCUT2D eigenvalue weighted by Crippen LogP contribution is -2.12. The van der Waals surface area contributed by atoms with Crippen LogP contribution in [0.25, 0.3) is 22.2 Å². The molecule has 176 valence electrons. The van der Waals surface area contributed by atoms with Crippen LogP contribution in [0.2, 0.25) is 5.02 Å². The third-order valence-electron chi connectivity index (χ3n) is 5.74. The summed E-state index contributed by atoms with van der Waals surface area (Å²) in [7, 11) is 0. The summed E-state index contributed by atoms with van der Waals surface area (Å²) in [5.41, 5.74) is 4.29. The number of carbonyl (C=O) groups excluding carboxylic acids is 1. The number of carbonyl (C=O) groups is 1. The van der Waals surface area contributed by atoms with Gasteiger partial charge in [0.25, 0.3) is 0 Å². The molecule has 9 heteroatoms. The Labute approximate surface area is 206 Å². The summed E-state index contributed by atoms with van der Waals surface area (Å²) in [6.07, 6.45) is 1.47. The van der Waals surface area contributed by atoms with Gasteiger partial charge in [-0.2, -0.15) is 0 Å². The van der Waals surface area contributed by atoms with Crippen LogP contribution in [0.3, 0.4) is 0 Å². The summed E-state index contributed by atoms with van der Waals surface area (Å²) in [6.45, 7) is 6.80. The van der Waals surface area contributed by atoms with Crippen molar-refractivity contribution in [1.82, 2.24) is 14.5 Å². The van der Waals surface area contributed by atoms with E-state index >= 15 is 0 Å². The fraction of sp³-hybridized carbons (Fsp3) is 0.240. The third kappa shape index (κ3) is 4.65. The minimum Gasteiger partial charge on any atom is -0.368 e. The Kier molecular flexibility index (Phi) is 6.91. The van der Waals surface area contributed by atoms with Crippen molar-refractivity contribution in [2.45, 2.75) is 33.2 Å². The van der Waals surface area contributed by atoms with E-state index in [0.717, 1.165) is 22.9 Å². The van der Waals surface area contributed by atoms with Crippen molar-refractivity contribution >= 4 is 46.1 Å². The molecule has 0 unspecified atom stereocenters. The fourth-order valence-electron chi connectivity index (χ4n) is 4.06. The molecule has 34 heavy (non-hydrogen) atoms. The Hall–Kier alpha value is -2.97. The lowest BCUT2D eigenvalue weighted by Gasteiger charge is -2.13. The Morgan fingerprint density at radius 1 is 1.18 bits per heavy atom. The Balaban J connectivity index is 1.55. The fourth-order valence-corrected chi connectivity index (χ4v) is 4.57. The SMILES string of the molecule is Cc1cc2c(F)c(F)cc(Cl)c2n1CCNc1cc(-c2ccc(C(=O)S)c(C(C)C)c2)ncn1. The highest BCUT2D eigenvalue weighted by atomic mass is 35.5. The van der Waals surface area contributed by atoms with E-state index in [1.807, 2.05) is 43.5 Å². The average molecular weight is 501 g/mol. The van der Waals surface area contributed by atoms with Crippen LogP contribution in [-0.2, 0) is 6.54 Å². The first-order valence-electron chi connectivity index (χ1n) is 10.7. The number of anilines is 1. The van der Waals surface area contributed by atoms with Crippen molar-refractivity contribution < 1.29 is 13.6 Å². The molecule has 1 N–H and O–H groups in total. The lowest BCUT2D eigenvalue weighted by molar-refractivity contribution is 0.109. The number of nitrogens with one attached hydrogen (secondary N) is 1. The van der Waals surface area contributed by atoms with Gasteiger partial charge in [-0.1, -0.05) is 31.5 Å². The highest BCUT2D eigenvalue weighted by Crippen LogP contribution is 2.31. The summed E-state index contributed by atoms with van der Waals surface area (Å²) in [6, 6.07) is 9.97. The maximum Gasteiger partial charge on any atom is 0.216 e. The van der Waals surface area contributed by atoms with Crippen molar-refractivity contribution in [3.05, 3.63) is 76.2 Å². The molecule has 2 aromatic heterocycles. The average Bonchev–Trinajstić information content (AvgIpc) is 3.14. The predicted octanol–water partition coefficient (Wildman–Crippen LogP) is 6.64. The number of rotatable bonds is 7. The van der Waals surface area contributed by atoms with Crippen LogP contribution in [0, 0.1) is 18.6 Å². The van der Waals surface area contributed by atoms with E-state index in [1.54, 1.807) is 12.1 Å². The summed E-state index contributed by atoms with van der Waals surface area (Å²) >= 11 is 10.2. The maximum absolute atomic E-state index is 14.2. The molecule has 4 aromatic rings. The van der Waals surface area contributed by atoms with Crippen molar-refractivity contribution in [2.24, 2.45) is 0 Å². The highest BCUT2D eigenvalue weighted by molar-refractivity contribution is 7.97. The summed E-state index contributed by atoms with van der Waals surface area (Å²) in [4.78, 5) is 20.5. The monoisotopic (exact) mass is 500 g/mol. The molecular formula is C25H23ClF2N4OS. The topological polar surface area (TPSA) is 59.8 Å². The number of benzene rings is 2. The molecule has 0 saturated heterocycles. The molecule has 0 spiro atoms. The largest absolute Gasteiger partial charge is 0.368 e. The van der Waals surface area contributed by atoms with Gasteiger partial charge in [0, 0.05) is 41.4 Å². The number of halogens is 3. The quantitative estimate of drug-likeness (QED) is 0.220. The van der Waals surface area contributed by atoms with E-state index in [0.29, 0.717) is 35.7 Å². The number of hydrogen-bond donors (Lipinski definition) is 2. The number of aryl methyl sites for hydroxylation is 1. The second kappa shape index (κ2) is 9.72. The molecule has 5 nitrogen and oxygen atoms in total. The molecule has 0 radical (unpaired) electrons. The first-order valence-corrected chi connectivity index (χ1v) is 11.6. The first kappa shape index (κ1) is 24.2. The smallest absolute Gasteiger partial charge is 0.216 e. The van der Waals surface area contributed by atoms with Gasteiger partial charge in [-0.3, -0.25) is 4.79 Å². The molecule has 4 rings (SSSR count). The lowest BCUT2D eigenvalue weighted by atomic mass is 9.94. The predicted molar refractivity (Wildman–Crippen MR) is 135 cm³/mol. The summed E-state index contributed by atoms with van der Waals surface area (Å²) in [5.74, 6) is -1.10. The second-order valence-electron chi connectivity index (χ2n) is 8.33.